The highest BCUT2D eigenvalue weighted by Crippen LogP contribution is 2.09. The molecule has 3 nitrogen and oxygen atoms in total. The third-order valence-electron chi connectivity index (χ3n) is 2.76. The Morgan fingerprint density at radius 2 is 2.12 bits per heavy atom. The summed E-state index contributed by atoms with van der Waals surface area (Å²) in [6, 6.07) is 7.50. The van der Waals surface area contributed by atoms with E-state index < -0.39 is 0 Å². The van der Waals surface area contributed by atoms with Crippen LogP contribution >= 0.6 is 24.0 Å². The van der Waals surface area contributed by atoms with E-state index in [-0.39, 0.29) is 24.4 Å². The smallest absolute Gasteiger partial charge is 0.237 e. The lowest BCUT2D eigenvalue weighted by Gasteiger charge is -2.10. The predicted molar refractivity (Wildman–Crippen MR) is 71.6 cm³/mol. The number of halogens is 2. The first-order valence-electron chi connectivity index (χ1n) is 5.51. The van der Waals surface area contributed by atoms with Gasteiger partial charge in [-0.15, -0.1) is 12.4 Å². The van der Waals surface area contributed by atoms with Crippen LogP contribution in [-0.4, -0.2) is 18.5 Å². The summed E-state index contributed by atoms with van der Waals surface area (Å²) in [4.78, 5) is 11.7. The van der Waals surface area contributed by atoms with Crippen molar-refractivity contribution in [3.8, 4) is 0 Å². The Balaban J connectivity index is 0.00000144. The predicted octanol–water partition coefficient (Wildman–Crippen LogP) is 2.13. The molecule has 1 aromatic carbocycles. The van der Waals surface area contributed by atoms with E-state index in [1.54, 1.807) is 0 Å². The summed E-state index contributed by atoms with van der Waals surface area (Å²) in [5, 5.41) is 6.80. The van der Waals surface area contributed by atoms with Crippen LogP contribution in [0.3, 0.4) is 0 Å². The molecule has 1 amide bonds. The van der Waals surface area contributed by atoms with E-state index in [1.165, 1.54) is 0 Å². The molecule has 1 heterocycles. The van der Waals surface area contributed by atoms with Crippen LogP contribution in [0.2, 0.25) is 5.02 Å². The van der Waals surface area contributed by atoms with Crippen LogP contribution in [0.4, 0.5) is 0 Å². The number of amides is 1. The van der Waals surface area contributed by atoms with Crippen molar-refractivity contribution in [2.24, 2.45) is 0 Å². The maximum atomic E-state index is 11.7. The summed E-state index contributed by atoms with van der Waals surface area (Å²) in [5.74, 6) is 0.0902. The van der Waals surface area contributed by atoms with Crippen LogP contribution < -0.4 is 10.6 Å². The summed E-state index contributed by atoms with van der Waals surface area (Å²) in [6.45, 7) is 1.51. The standard InChI is InChI=1S/C12H15ClN2O.ClH/c13-10-5-3-9(4-6-10)8-15-12(16)11-2-1-7-14-11;/h3-6,11,14H,1-2,7-8H2,(H,15,16);1H. The Bertz CT molecular complexity index is 361. The van der Waals surface area contributed by atoms with Crippen molar-refractivity contribution in [3.05, 3.63) is 34.9 Å². The topological polar surface area (TPSA) is 41.1 Å². The lowest BCUT2D eigenvalue weighted by Crippen LogP contribution is -2.39. The summed E-state index contributed by atoms with van der Waals surface area (Å²) in [7, 11) is 0. The molecule has 0 aliphatic carbocycles. The third-order valence-corrected chi connectivity index (χ3v) is 3.01. The molecule has 1 aromatic rings. The average molecular weight is 275 g/mol. The van der Waals surface area contributed by atoms with Crippen molar-refractivity contribution in [1.82, 2.24) is 10.6 Å². The maximum Gasteiger partial charge on any atom is 0.237 e. The van der Waals surface area contributed by atoms with Crippen molar-refractivity contribution in [2.45, 2.75) is 25.4 Å². The van der Waals surface area contributed by atoms with Crippen LogP contribution in [0, 0.1) is 0 Å². The van der Waals surface area contributed by atoms with Gasteiger partial charge in [0.25, 0.3) is 0 Å². The zero-order chi connectivity index (χ0) is 11.4. The van der Waals surface area contributed by atoms with Crippen molar-refractivity contribution in [2.75, 3.05) is 6.54 Å². The number of benzene rings is 1. The Kier molecular flexibility index (Phi) is 5.75. The minimum absolute atomic E-state index is 0. The summed E-state index contributed by atoms with van der Waals surface area (Å²) in [5.41, 5.74) is 1.07. The van der Waals surface area contributed by atoms with Crippen LogP contribution in [0.25, 0.3) is 0 Å². The van der Waals surface area contributed by atoms with Gasteiger partial charge < -0.3 is 10.6 Å². The largest absolute Gasteiger partial charge is 0.351 e. The molecule has 1 saturated heterocycles. The number of hydrogen-bond acceptors (Lipinski definition) is 2. The van der Waals surface area contributed by atoms with E-state index >= 15 is 0 Å². The number of carbonyl (C=O) groups is 1. The van der Waals surface area contributed by atoms with Gasteiger partial charge in [0.2, 0.25) is 5.91 Å². The van der Waals surface area contributed by atoms with Crippen molar-refractivity contribution in [1.29, 1.82) is 0 Å². The molecule has 1 aliphatic rings. The minimum Gasteiger partial charge on any atom is -0.351 e. The van der Waals surface area contributed by atoms with Gasteiger partial charge in [-0.25, -0.2) is 0 Å². The fraction of sp³-hybridized carbons (Fsp3) is 0.417. The molecule has 0 radical (unpaired) electrons. The van der Waals surface area contributed by atoms with Gasteiger partial charge in [0, 0.05) is 11.6 Å². The zero-order valence-electron chi connectivity index (χ0n) is 9.41. The Hall–Kier alpha value is -0.770. The molecule has 0 bridgehead atoms. The highest BCUT2D eigenvalue weighted by atomic mass is 35.5. The first-order valence-corrected chi connectivity index (χ1v) is 5.89. The number of hydrogen-bond donors (Lipinski definition) is 2. The highest BCUT2D eigenvalue weighted by molar-refractivity contribution is 6.30. The van der Waals surface area contributed by atoms with Gasteiger partial charge >= 0.3 is 0 Å². The highest BCUT2D eigenvalue weighted by Gasteiger charge is 2.21. The van der Waals surface area contributed by atoms with Crippen molar-refractivity contribution < 1.29 is 4.79 Å². The van der Waals surface area contributed by atoms with Crippen molar-refractivity contribution >= 4 is 29.9 Å². The summed E-state index contributed by atoms with van der Waals surface area (Å²) >= 11 is 5.78. The Morgan fingerprint density at radius 3 is 2.71 bits per heavy atom. The molecular weight excluding hydrogens is 259 g/mol. The maximum absolute atomic E-state index is 11.7. The molecule has 2 rings (SSSR count). The van der Waals surface area contributed by atoms with E-state index in [9.17, 15) is 4.79 Å². The van der Waals surface area contributed by atoms with Gasteiger partial charge in [-0.1, -0.05) is 23.7 Å². The van der Waals surface area contributed by atoms with Crippen LogP contribution in [0.5, 0.6) is 0 Å². The summed E-state index contributed by atoms with van der Waals surface area (Å²) in [6.07, 6.45) is 2.02. The molecular formula is C12H16Cl2N2O. The molecule has 1 unspecified atom stereocenters. The van der Waals surface area contributed by atoms with Gasteiger partial charge in [0.05, 0.1) is 6.04 Å². The molecule has 17 heavy (non-hydrogen) atoms. The lowest BCUT2D eigenvalue weighted by molar-refractivity contribution is -0.122. The number of carbonyl (C=O) groups excluding carboxylic acids is 1. The van der Waals surface area contributed by atoms with Gasteiger partial charge in [0.15, 0.2) is 0 Å². The van der Waals surface area contributed by atoms with E-state index in [4.69, 9.17) is 11.6 Å². The summed E-state index contributed by atoms with van der Waals surface area (Å²) < 4.78 is 0. The quantitative estimate of drug-likeness (QED) is 0.887. The minimum atomic E-state index is -0.00713. The molecule has 1 atom stereocenters. The molecule has 0 aromatic heterocycles. The first kappa shape index (κ1) is 14.3. The second-order valence-electron chi connectivity index (χ2n) is 3.99. The lowest BCUT2D eigenvalue weighted by atomic mass is 10.2. The molecule has 1 fully saturated rings. The van der Waals surface area contributed by atoms with E-state index in [1.807, 2.05) is 24.3 Å². The average Bonchev–Trinajstić information content (AvgIpc) is 2.81. The fourth-order valence-corrected chi connectivity index (χ4v) is 1.95. The van der Waals surface area contributed by atoms with Crippen LogP contribution in [0.15, 0.2) is 24.3 Å². The first-order chi connectivity index (χ1) is 7.75. The van der Waals surface area contributed by atoms with Crippen LogP contribution in [0.1, 0.15) is 18.4 Å². The van der Waals surface area contributed by atoms with E-state index in [2.05, 4.69) is 10.6 Å². The molecule has 0 saturated carbocycles. The molecule has 0 spiro atoms. The SMILES string of the molecule is Cl.O=C(NCc1ccc(Cl)cc1)C1CCCN1. The second-order valence-corrected chi connectivity index (χ2v) is 4.43. The third kappa shape index (κ3) is 4.19. The molecule has 5 heteroatoms. The van der Waals surface area contributed by atoms with E-state index in [0.717, 1.165) is 24.9 Å². The fourth-order valence-electron chi connectivity index (χ4n) is 1.82. The second kappa shape index (κ2) is 6.84. The van der Waals surface area contributed by atoms with Gasteiger partial charge in [-0.05, 0) is 37.1 Å². The molecule has 1 aliphatic heterocycles. The van der Waals surface area contributed by atoms with Crippen molar-refractivity contribution in [3.63, 3.8) is 0 Å². The van der Waals surface area contributed by atoms with Crippen LogP contribution in [-0.2, 0) is 11.3 Å². The van der Waals surface area contributed by atoms with Gasteiger partial charge in [0.1, 0.15) is 0 Å². The van der Waals surface area contributed by atoms with E-state index in [0.29, 0.717) is 11.6 Å². The zero-order valence-corrected chi connectivity index (χ0v) is 11.0. The monoisotopic (exact) mass is 274 g/mol. The number of rotatable bonds is 3. The normalized spacial score (nSPS) is 18.5. The molecule has 94 valence electrons. The number of nitrogens with one attached hydrogen (secondary N) is 2. The van der Waals surface area contributed by atoms with Gasteiger partial charge in [-0.3, -0.25) is 4.79 Å². The Labute approximate surface area is 112 Å². The van der Waals surface area contributed by atoms with Gasteiger partial charge in [-0.2, -0.15) is 0 Å². The molecule has 2 N–H and O–H groups in total. The Morgan fingerprint density at radius 1 is 1.41 bits per heavy atom.